The number of likely N-dealkylation sites (tertiary alicyclic amines) is 1. The van der Waals surface area contributed by atoms with Gasteiger partial charge in [0.2, 0.25) is 0 Å². The molecule has 1 aromatic rings. The van der Waals surface area contributed by atoms with Crippen molar-refractivity contribution >= 4 is 6.09 Å². The fourth-order valence-corrected chi connectivity index (χ4v) is 6.51. The lowest BCUT2D eigenvalue weighted by Crippen LogP contribution is -2.76. The number of ether oxygens (including phenoxy) is 1. The molecular formula is C23H34N2O2. The molecule has 4 nitrogen and oxygen atoms in total. The van der Waals surface area contributed by atoms with Crippen LogP contribution in [0.2, 0.25) is 0 Å². The average molecular weight is 371 g/mol. The van der Waals surface area contributed by atoms with Gasteiger partial charge in [0.1, 0.15) is 5.60 Å². The maximum absolute atomic E-state index is 12.8. The van der Waals surface area contributed by atoms with Gasteiger partial charge in [0.05, 0.1) is 0 Å². The van der Waals surface area contributed by atoms with Crippen molar-refractivity contribution in [3.05, 3.63) is 35.4 Å². The molecule has 2 aliphatic carbocycles. The van der Waals surface area contributed by atoms with Crippen LogP contribution in [-0.4, -0.2) is 35.2 Å². The van der Waals surface area contributed by atoms with Crippen LogP contribution >= 0.6 is 0 Å². The van der Waals surface area contributed by atoms with E-state index in [0.717, 1.165) is 18.8 Å². The first kappa shape index (κ1) is 18.8. The molecule has 1 aliphatic heterocycles. The Balaban J connectivity index is 1.57. The van der Waals surface area contributed by atoms with Gasteiger partial charge in [-0.15, -0.1) is 0 Å². The van der Waals surface area contributed by atoms with E-state index in [0.29, 0.717) is 29.8 Å². The van der Waals surface area contributed by atoms with Gasteiger partial charge in [0.15, 0.2) is 0 Å². The SMILES string of the molecule is CC1CC23C1C(c1ccc(CCN)cc1)CC2N(C(=O)OC(C)(C)C)C3C. The van der Waals surface area contributed by atoms with Crippen molar-refractivity contribution in [3.8, 4) is 0 Å². The third-order valence-corrected chi connectivity index (χ3v) is 7.42. The first-order valence-corrected chi connectivity index (χ1v) is 10.5. The minimum Gasteiger partial charge on any atom is -0.444 e. The molecule has 2 saturated carbocycles. The number of carbonyl (C=O) groups is 1. The summed E-state index contributed by atoms with van der Waals surface area (Å²) in [6.45, 7) is 11.1. The summed E-state index contributed by atoms with van der Waals surface area (Å²) in [6, 6.07) is 9.65. The van der Waals surface area contributed by atoms with Crippen molar-refractivity contribution in [1.82, 2.24) is 4.90 Å². The summed E-state index contributed by atoms with van der Waals surface area (Å²) in [4.78, 5) is 14.8. The Bertz CT molecular complexity index is 723. The van der Waals surface area contributed by atoms with Crippen LogP contribution in [-0.2, 0) is 11.2 Å². The standard InChI is InChI=1S/C23H34N2O2/c1-14-13-23-15(2)25(21(26)27-22(3,4)5)19(23)12-18(20(14)23)17-8-6-16(7-9-17)10-11-24/h6-9,14-15,18-20H,10-13,24H2,1-5H3. The van der Waals surface area contributed by atoms with Crippen LogP contribution in [0.15, 0.2) is 24.3 Å². The number of benzene rings is 1. The molecule has 1 amide bonds. The minimum atomic E-state index is -0.442. The van der Waals surface area contributed by atoms with Gasteiger partial charge in [-0.1, -0.05) is 31.2 Å². The number of rotatable bonds is 3. The Hall–Kier alpha value is -1.55. The summed E-state index contributed by atoms with van der Waals surface area (Å²) in [5.74, 6) is 1.95. The van der Waals surface area contributed by atoms with Gasteiger partial charge in [-0.2, -0.15) is 0 Å². The van der Waals surface area contributed by atoms with E-state index in [-0.39, 0.29) is 12.1 Å². The number of carbonyl (C=O) groups excluding carboxylic acids is 1. The molecule has 6 unspecified atom stereocenters. The molecule has 3 aliphatic rings. The van der Waals surface area contributed by atoms with Crippen molar-refractivity contribution < 1.29 is 9.53 Å². The smallest absolute Gasteiger partial charge is 0.410 e. The van der Waals surface area contributed by atoms with Gasteiger partial charge >= 0.3 is 6.09 Å². The molecule has 1 spiro atoms. The summed E-state index contributed by atoms with van der Waals surface area (Å²) >= 11 is 0. The van der Waals surface area contributed by atoms with Crippen LogP contribution in [0.1, 0.15) is 64.5 Å². The molecule has 0 bridgehead atoms. The molecule has 0 radical (unpaired) electrons. The van der Waals surface area contributed by atoms with E-state index in [4.69, 9.17) is 10.5 Å². The zero-order valence-electron chi connectivity index (χ0n) is 17.4. The van der Waals surface area contributed by atoms with Gasteiger partial charge in [-0.05, 0) is 82.4 Å². The lowest BCUT2D eigenvalue weighted by molar-refractivity contribution is -0.195. The zero-order valence-corrected chi connectivity index (χ0v) is 17.4. The second-order valence-electron chi connectivity index (χ2n) is 10.0. The summed E-state index contributed by atoms with van der Waals surface area (Å²) in [5, 5.41) is 0. The number of nitrogens with zero attached hydrogens (tertiary/aromatic N) is 1. The molecule has 1 heterocycles. The first-order chi connectivity index (χ1) is 12.7. The fourth-order valence-electron chi connectivity index (χ4n) is 6.51. The van der Waals surface area contributed by atoms with Crippen LogP contribution < -0.4 is 5.73 Å². The molecule has 4 heteroatoms. The van der Waals surface area contributed by atoms with Gasteiger partial charge in [0.25, 0.3) is 0 Å². The molecule has 1 aromatic carbocycles. The molecule has 3 fully saturated rings. The third kappa shape index (κ3) is 2.71. The minimum absolute atomic E-state index is 0.136. The van der Waals surface area contributed by atoms with Gasteiger partial charge in [-0.3, -0.25) is 0 Å². The lowest BCUT2D eigenvalue weighted by atomic mass is 9.46. The van der Waals surface area contributed by atoms with E-state index >= 15 is 0 Å². The second-order valence-corrected chi connectivity index (χ2v) is 10.0. The predicted octanol–water partition coefficient (Wildman–Crippen LogP) is 4.33. The lowest BCUT2D eigenvalue weighted by Gasteiger charge is -2.68. The molecule has 0 aromatic heterocycles. The zero-order chi connectivity index (χ0) is 19.6. The summed E-state index contributed by atoms with van der Waals surface area (Å²) in [6.07, 6.45) is 3.10. The largest absolute Gasteiger partial charge is 0.444 e. The summed E-state index contributed by atoms with van der Waals surface area (Å²) < 4.78 is 5.71. The van der Waals surface area contributed by atoms with E-state index in [9.17, 15) is 4.79 Å². The van der Waals surface area contributed by atoms with Crippen molar-refractivity contribution in [1.29, 1.82) is 0 Å². The number of hydrogen-bond donors (Lipinski definition) is 1. The Morgan fingerprint density at radius 3 is 2.48 bits per heavy atom. The average Bonchev–Trinajstić information content (AvgIpc) is 2.80. The highest BCUT2D eigenvalue weighted by atomic mass is 16.6. The first-order valence-electron chi connectivity index (χ1n) is 10.5. The summed E-state index contributed by atoms with van der Waals surface area (Å²) in [7, 11) is 0. The van der Waals surface area contributed by atoms with Crippen molar-refractivity contribution in [2.75, 3.05) is 6.54 Å². The normalized spacial score (nSPS) is 37.1. The number of nitrogens with two attached hydrogens (primary N) is 1. The molecule has 27 heavy (non-hydrogen) atoms. The van der Waals surface area contributed by atoms with Crippen LogP contribution in [0.5, 0.6) is 0 Å². The monoisotopic (exact) mass is 370 g/mol. The van der Waals surface area contributed by atoms with Crippen LogP contribution in [0.3, 0.4) is 0 Å². The number of hydrogen-bond acceptors (Lipinski definition) is 3. The van der Waals surface area contributed by atoms with Crippen molar-refractivity contribution in [3.63, 3.8) is 0 Å². The topological polar surface area (TPSA) is 55.6 Å². The Morgan fingerprint density at radius 1 is 1.26 bits per heavy atom. The molecule has 148 valence electrons. The van der Waals surface area contributed by atoms with E-state index in [1.165, 1.54) is 17.5 Å². The third-order valence-electron chi connectivity index (χ3n) is 7.42. The molecule has 6 atom stereocenters. The Morgan fingerprint density at radius 2 is 1.93 bits per heavy atom. The Labute approximate surface area is 163 Å². The highest BCUT2D eigenvalue weighted by molar-refractivity contribution is 5.71. The maximum Gasteiger partial charge on any atom is 0.410 e. The van der Waals surface area contributed by atoms with Gasteiger partial charge < -0.3 is 15.4 Å². The van der Waals surface area contributed by atoms with Crippen LogP contribution in [0.4, 0.5) is 4.79 Å². The quantitative estimate of drug-likeness (QED) is 0.862. The Kier molecular flexibility index (Phi) is 4.34. The van der Waals surface area contributed by atoms with E-state index in [2.05, 4.69) is 38.1 Å². The second kappa shape index (κ2) is 6.23. The van der Waals surface area contributed by atoms with Gasteiger partial charge in [-0.25, -0.2) is 4.79 Å². The van der Waals surface area contributed by atoms with Crippen molar-refractivity contribution in [2.45, 2.75) is 77.5 Å². The highest BCUT2D eigenvalue weighted by Crippen LogP contribution is 2.73. The van der Waals surface area contributed by atoms with Crippen LogP contribution in [0.25, 0.3) is 0 Å². The fraction of sp³-hybridized carbons (Fsp3) is 0.696. The molecule has 2 N–H and O–H groups in total. The van der Waals surface area contributed by atoms with E-state index in [1.807, 2.05) is 25.7 Å². The predicted molar refractivity (Wildman–Crippen MR) is 108 cm³/mol. The highest BCUT2D eigenvalue weighted by Gasteiger charge is 2.75. The van der Waals surface area contributed by atoms with E-state index in [1.54, 1.807) is 0 Å². The number of amides is 1. The van der Waals surface area contributed by atoms with Gasteiger partial charge in [0, 0.05) is 17.5 Å². The molecule has 1 saturated heterocycles. The van der Waals surface area contributed by atoms with Crippen molar-refractivity contribution in [2.24, 2.45) is 23.0 Å². The summed E-state index contributed by atoms with van der Waals surface area (Å²) in [5.41, 5.74) is 8.28. The van der Waals surface area contributed by atoms with E-state index < -0.39 is 5.60 Å². The maximum atomic E-state index is 12.8. The molecule has 4 rings (SSSR count). The molecular weight excluding hydrogens is 336 g/mol. The van der Waals surface area contributed by atoms with Crippen LogP contribution in [0, 0.1) is 17.3 Å².